The van der Waals surface area contributed by atoms with Gasteiger partial charge >= 0.3 is 0 Å². The molecule has 1 N–H and O–H groups in total. The highest BCUT2D eigenvalue weighted by Gasteiger charge is 2.18. The molecular formula is C14H21N3O. The number of para-hydroxylation sites is 1. The molecule has 1 saturated heterocycles. The van der Waals surface area contributed by atoms with E-state index in [1.54, 1.807) is 0 Å². The van der Waals surface area contributed by atoms with Gasteiger partial charge in [-0.05, 0) is 19.1 Å². The van der Waals surface area contributed by atoms with Crippen molar-refractivity contribution >= 4 is 11.6 Å². The van der Waals surface area contributed by atoms with Gasteiger partial charge in [-0.15, -0.1) is 0 Å². The van der Waals surface area contributed by atoms with E-state index in [1.807, 2.05) is 42.2 Å². The minimum atomic E-state index is 0.186. The number of nitrogens with one attached hydrogen (secondary N) is 1. The molecule has 1 aromatic carbocycles. The van der Waals surface area contributed by atoms with Gasteiger partial charge in [0.05, 0.1) is 6.54 Å². The number of hydrogen-bond donors (Lipinski definition) is 1. The summed E-state index contributed by atoms with van der Waals surface area (Å²) in [4.78, 5) is 16.4. The molecule has 1 fully saturated rings. The van der Waals surface area contributed by atoms with Crippen molar-refractivity contribution < 1.29 is 4.79 Å². The fourth-order valence-corrected chi connectivity index (χ4v) is 2.26. The van der Waals surface area contributed by atoms with E-state index in [1.165, 1.54) is 0 Å². The third-order valence-corrected chi connectivity index (χ3v) is 3.25. The van der Waals surface area contributed by atoms with Gasteiger partial charge < -0.3 is 10.2 Å². The predicted molar refractivity (Wildman–Crippen MR) is 73.8 cm³/mol. The molecule has 1 aliphatic heterocycles. The second-order valence-corrected chi connectivity index (χ2v) is 4.50. The SMILES string of the molecule is CCN(C(=O)CN1CCNCC1)c1ccccc1. The zero-order valence-electron chi connectivity index (χ0n) is 10.9. The van der Waals surface area contributed by atoms with Gasteiger partial charge in [0.2, 0.25) is 5.91 Å². The van der Waals surface area contributed by atoms with E-state index in [0.29, 0.717) is 6.54 Å². The van der Waals surface area contributed by atoms with Crippen molar-refractivity contribution in [2.45, 2.75) is 6.92 Å². The number of likely N-dealkylation sites (N-methyl/N-ethyl adjacent to an activating group) is 1. The monoisotopic (exact) mass is 247 g/mol. The maximum absolute atomic E-state index is 12.3. The number of carbonyl (C=O) groups is 1. The number of rotatable bonds is 4. The van der Waals surface area contributed by atoms with Gasteiger partial charge in [-0.25, -0.2) is 0 Å². The summed E-state index contributed by atoms with van der Waals surface area (Å²) in [6.07, 6.45) is 0. The summed E-state index contributed by atoms with van der Waals surface area (Å²) in [5, 5.41) is 3.30. The van der Waals surface area contributed by atoms with Crippen molar-refractivity contribution in [3.63, 3.8) is 0 Å². The maximum Gasteiger partial charge on any atom is 0.241 e. The number of piperazine rings is 1. The zero-order chi connectivity index (χ0) is 12.8. The Hall–Kier alpha value is -1.39. The van der Waals surface area contributed by atoms with Crippen LogP contribution in [0, 0.1) is 0 Å². The standard InChI is InChI=1S/C14H21N3O/c1-2-17(13-6-4-3-5-7-13)14(18)12-16-10-8-15-9-11-16/h3-7,15H,2,8-12H2,1H3. The average Bonchev–Trinajstić information content (AvgIpc) is 2.42. The number of nitrogens with zero attached hydrogens (tertiary/aromatic N) is 2. The van der Waals surface area contributed by atoms with Gasteiger partial charge in [-0.2, -0.15) is 0 Å². The van der Waals surface area contributed by atoms with E-state index >= 15 is 0 Å². The zero-order valence-corrected chi connectivity index (χ0v) is 10.9. The van der Waals surface area contributed by atoms with Crippen LogP contribution in [0.25, 0.3) is 0 Å². The number of carbonyl (C=O) groups excluding carboxylic acids is 1. The highest BCUT2D eigenvalue weighted by atomic mass is 16.2. The number of hydrogen-bond acceptors (Lipinski definition) is 3. The number of amides is 1. The Labute approximate surface area is 109 Å². The van der Waals surface area contributed by atoms with Crippen molar-refractivity contribution in [1.82, 2.24) is 10.2 Å². The molecule has 0 bridgehead atoms. The van der Waals surface area contributed by atoms with Crippen LogP contribution in [0.2, 0.25) is 0 Å². The molecule has 18 heavy (non-hydrogen) atoms. The lowest BCUT2D eigenvalue weighted by Gasteiger charge is -2.29. The van der Waals surface area contributed by atoms with Crippen LogP contribution < -0.4 is 10.2 Å². The Kier molecular flexibility index (Phi) is 4.73. The molecule has 0 spiro atoms. The fraction of sp³-hybridized carbons (Fsp3) is 0.500. The molecule has 0 unspecified atom stereocenters. The van der Waals surface area contributed by atoms with Crippen LogP contribution in [0.1, 0.15) is 6.92 Å². The lowest BCUT2D eigenvalue weighted by atomic mass is 10.2. The summed E-state index contributed by atoms with van der Waals surface area (Å²) in [7, 11) is 0. The predicted octanol–water partition coefficient (Wildman–Crippen LogP) is 0.945. The summed E-state index contributed by atoms with van der Waals surface area (Å²) in [6.45, 7) is 7.12. The minimum absolute atomic E-state index is 0.186. The van der Waals surface area contributed by atoms with Crippen molar-refractivity contribution in [3.8, 4) is 0 Å². The molecule has 1 heterocycles. The van der Waals surface area contributed by atoms with Crippen LogP contribution in [0.4, 0.5) is 5.69 Å². The number of benzene rings is 1. The Morgan fingerprint density at radius 3 is 2.56 bits per heavy atom. The second-order valence-electron chi connectivity index (χ2n) is 4.50. The minimum Gasteiger partial charge on any atom is -0.314 e. The van der Waals surface area contributed by atoms with E-state index in [2.05, 4.69) is 10.2 Å². The van der Waals surface area contributed by atoms with E-state index in [-0.39, 0.29) is 5.91 Å². The van der Waals surface area contributed by atoms with E-state index < -0.39 is 0 Å². The van der Waals surface area contributed by atoms with E-state index in [4.69, 9.17) is 0 Å². The fourth-order valence-electron chi connectivity index (χ4n) is 2.26. The Balaban J connectivity index is 1.97. The molecule has 1 aliphatic rings. The van der Waals surface area contributed by atoms with Crippen LogP contribution >= 0.6 is 0 Å². The molecule has 0 aliphatic carbocycles. The van der Waals surface area contributed by atoms with Crippen molar-refractivity contribution in [1.29, 1.82) is 0 Å². The molecule has 98 valence electrons. The van der Waals surface area contributed by atoms with Crippen LogP contribution in [0.15, 0.2) is 30.3 Å². The molecule has 0 atom stereocenters. The Bertz CT molecular complexity index is 374. The van der Waals surface area contributed by atoms with E-state index in [9.17, 15) is 4.79 Å². The molecule has 0 radical (unpaired) electrons. The summed E-state index contributed by atoms with van der Waals surface area (Å²) in [5.41, 5.74) is 0.986. The molecule has 1 aromatic rings. The van der Waals surface area contributed by atoms with Gasteiger partial charge in [-0.1, -0.05) is 18.2 Å². The second kappa shape index (κ2) is 6.52. The van der Waals surface area contributed by atoms with Gasteiger partial charge in [0, 0.05) is 38.4 Å². The van der Waals surface area contributed by atoms with Crippen molar-refractivity contribution in [2.75, 3.05) is 44.2 Å². The quantitative estimate of drug-likeness (QED) is 0.860. The summed E-state index contributed by atoms with van der Waals surface area (Å²) < 4.78 is 0. The topological polar surface area (TPSA) is 35.6 Å². The Morgan fingerprint density at radius 1 is 1.28 bits per heavy atom. The normalized spacial score (nSPS) is 16.5. The van der Waals surface area contributed by atoms with Gasteiger partial charge in [0.25, 0.3) is 0 Å². The van der Waals surface area contributed by atoms with Crippen LogP contribution in [0.5, 0.6) is 0 Å². The van der Waals surface area contributed by atoms with Crippen LogP contribution in [0.3, 0.4) is 0 Å². The first-order valence-corrected chi connectivity index (χ1v) is 6.59. The van der Waals surface area contributed by atoms with Gasteiger partial charge in [0.15, 0.2) is 0 Å². The largest absolute Gasteiger partial charge is 0.314 e. The maximum atomic E-state index is 12.3. The van der Waals surface area contributed by atoms with Gasteiger partial charge in [-0.3, -0.25) is 9.69 Å². The first-order valence-electron chi connectivity index (χ1n) is 6.59. The summed E-state index contributed by atoms with van der Waals surface area (Å²) in [5.74, 6) is 0.186. The number of anilines is 1. The lowest BCUT2D eigenvalue weighted by molar-refractivity contribution is -0.119. The highest BCUT2D eigenvalue weighted by molar-refractivity contribution is 5.94. The smallest absolute Gasteiger partial charge is 0.241 e. The molecule has 0 saturated carbocycles. The van der Waals surface area contributed by atoms with Crippen LogP contribution in [-0.2, 0) is 4.79 Å². The first kappa shape index (κ1) is 13.1. The highest BCUT2D eigenvalue weighted by Crippen LogP contribution is 2.13. The third kappa shape index (κ3) is 3.31. The summed E-state index contributed by atoms with van der Waals surface area (Å²) in [6, 6.07) is 9.88. The third-order valence-electron chi connectivity index (χ3n) is 3.25. The summed E-state index contributed by atoms with van der Waals surface area (Å²) >= 11 is 0. The van der Waals surface area contributed by atoms with Crippen LogP contribution in [-0.4, -0.2) is 50.1 Å². The lowest BCUT2D eigenvalue weighted by Crippen LogP contribution is -2.48. The van der Waals surface area contributed by atoms with Gasteiger partial charge in [0.1, 0.15) is 0 Å². The van der Waals surface area contributed by atoms with E-state index in [0.717, 1.165) is 38.4 Å². The van der Waals surface area contributed by atoms with Crippen molar-refractivity contribution in [2.24, 2.45) is 0 Å². The average molecular weight is 247 g/mol. The molecule has 1 amide bonds. The molecule has 4 nitrogen and oxygen atoms in total. The first-order chi connectivity index (χ1) is 8.81. The molecule has 0 aromatic heterocycles. The van der Waals surface area contributed by atoms with Crippen molar-refractivity contribution in [3.05, 3.63) is 30.3 Å². The Morgan fingerprint density at radius 2 is 1.94 bits per heavy atom. The molecular weight excluding hydrogens is 226 g/mol. The molecule has 4 heteroatoms. The molecule has 2 rings (SSSR count).